The van der Waals surface area contributed by atoms with Crippen LogP contribution in [0.1, 0.15) is 45.7 Å². The maximum atomic E-state index is 12.1. The molecule has 2 rings (SSSR count). The largest absolute Gasteiger partial charge is 0.478 e. The van der Waals surface area contributed by atoms with Crippen molar-refractivity contribution in [2.75, 3.05) is 5.32 Å². The molecule has 1 aliphatic rings. The van der Waals surface area contributed by atoms with E-state index in [1.807, 2.05) is 39.8 Å². The SMILES string of the molecule is CCC1Oc2cc(C(C)NC(=O)C(C)C(C)N)ccc2NC1=O.Cl. The first kappa shape index (κ1) is 20.3. The molecule has 134 valence electrons. The van der Waals surface area contributed by atoms with Crippen LogP contribution < -0.4 is 21.1 Å². The fourth-order valence-electron chi connectivity index (χ4n) is 2.36. The lowest BCUT2D eigenvalue weighted by molar-refractivity contribution is -0.125. The molecule has 6 nitrogen and oxygen atoms in total. The molecule has 0 saturated heterocycles. The number of nitrogens with two attached hydrogens (primary N) is 1. The van der Waals surface area contributed by atoms with Crippen molar-refractivity contribution >= 4 is 29.9 Å². The topological polar surface area (TPSA) is 93.4 Å². The summed E-state index contributed by atoms with van der Waals surface area (Å²) in [5.74, 6) is 0.177. The Kier molecular flexibility index (Phi) is 7.05. The molecule has 4 atom stereocenters. The average Bonchev–Trinajstić information content (AvgIpc) is 2.52. The van der Waals surface area contributed by atoms with Crippen molar-refractivity contribution in [3.05, 3.63) is 23.8 Å². The van der Waals surface area contributed by atoms with E-state index in [2.05, 4.69) is 10.6 Å². The lowest BCUT2D eigenvalue weighted by Crippen LogP contribution is -2.39. The first-order valence-electron chi connectivity index (χ1n) is 8.00. The Hall–Kier alpha value is -1.79. The minimum atomic E-state index is -0.472. The first-order chi connectivity index (χ1) is 10.8. The molecule has 1 heterocycles. The molecule has 0 fully saturated rings. The number of nitrogens with one attached hydrogen (secondary N) is 2. The molecule has 7 heteroatoms. The zero-order valence-corrected chi connectivity index (χ0v) is 15.3. The molecule has 0 radical (unpaired) electrons. The lowest BCUT2D eigenvalue weighted by atomic mass is 10.0. The third-order valence-electron chi connectivity index (χ3n) is 4.26. The third-order valence-corrected chi connectivity index (χ3v) is 4.26. The smallest absolute Gasteiger partial charge is 0.265 e. The molecule has 0 saturated carbocycles. The summed E-state index contributed by atoms with van der Waals surface area (Å²) >= 11 is 0. The molecule has 0 spiro atoms. The van der Waals surface area contributed by atoms with Crippen LogP contribution in [0.4, 0.5) is 5.69 Å². The van der Waals surface area contributed by atoms with E-state index in [0.29, 0.717) is 17.9 Å². The Bertz CT molecular complexity index is 607. The molecule has 2 amide bonds. The highest BCUT2D eigenvalue weighted by atomic mass is 35.5. The van der Waals surface area contributed by atoms with Crippen molar-refractivity contribution < 1.29 is 14.3 Å². The van der Waals surface area contributed by atoms with Gasteiger partial charge in [0.15, 0.2) is 6.10 Å². The van der Waals surface area contributed by atoms with Gasteiger partial charge in [0, 0.05) is 12.0 Å². The van der Waals surface area contributed by atoms with E-state index in [1.54, 1.807) is 6.07 Å². The van der Waals surface area contributed by atoms with Gasteiger partial charge in [-0.1, -0.05) is 19.9 Å². The van der Waals surface area contributed by atoms with E-state index in [4.69, 9.17) is 10.5 Å². The zero-order chi connectivity index (χ0) is 17.1. The first-order valence-corrected chi connectivity index (χ1v) is 8.00. The maximum absolute atomic E-state index is 12.1. The van der Waals surface area contributed by atoms with Gasteiger partial charge in [0.05, 0.1) is 11.7 Å². The molecule has 1 aromatic rings. The molecule has 1 aliphatic heterocycles. The van der Waals surface area contributed by atoms with E-state index in [0.717, 1.165) is 5.56 Å². The van der Waals surface area contributed by atoms with Crippen LogP contribution in [0, 0.1) is 5.92 Å². The summed E-state index contributed by atoms with van der Waals surface area (Å²) in [6, 6.07) is 5.16. The summed E-state index contributed by atoms with van der Waals surface area (Å²) in [5.41, 5.74) is 7.34. The van der Waals surface area contributed by atoms with Crippen molar-refractivity contribution in [3.63, 3.8) is 0 Å². The Balaban J connectivity index is 0.00000288. The number of hydrogen-bond acceptors (Lipinski definition) is 4. The van der Waals surface area contributed by atoms with Gasteiger partial charge in [-0.15, -0.1) is 12.4 Å². The number of halogens is 1. The van der Waals surface area contributed by atoms with Crippen LogP contribution in [0.5, 0.6) is 5.75 Å². The van der Waals surface area contributed by atoms with Gasteiger partial charge in [-0.2, -0.15) is 0 Å². The summed E-state index contributed by atoms with van der Waals surface area (Å²) in [4.78, 5) is 23.9. The van der Waals surface area contributed by atoms with Crippen molar-refractivity contribution in [1.82, 2.24) is 5.32 Å². The van der Waals surface area contributed by atoms with Gasteiger partial charge in [0.1, 0.15) is 5.75 Å². The zero-order valence-electron chi connectivity index (χ0n) is 14.5. The highest BCUT2D eigenvalue weighted by Crippen LogP contribution is 2.33. The van der Waals surface area contributed by atoms with E-state index in [9.17, 15) is 9.59 Å². The monoisotopic (exact) mass is 355 g/mol. The summed E-state index contributed by atoms with van der Waals surface area (Å²) in [6.07, 6.45) is 0.133. The quantitative estimate of drug-likeness (QED) is 0.755. The number of amides is 2. The van der Waals surface area contributed by atoms with E-state index in [1.165, 1.54) is 0 Å². The Morgan fingerprint density at radius 1 is 1.38 bits per heavy atom. The summed E-state index contributed by atoms with van der Waals surface area (Å²) < 4.78 is 5.73. The number of ether oxygens (including phenoxy) is 1. The lowest BCUT2D eigenvalue weighted by Gasteiger charge is -2.26. The fraction of sp³-hybridized carbons (Fsp3) is 0.529. The Morgan fingerprint density at radius 2 is 2.04 bits per heavy atom. The second-order valence-corrected chi connectivity index (χ2v) is 6.14. The number of hydrogen-bond donors (Lipinski definition) is 3. The molecular formula is C17H26ClN3O3. The van der Waals surface area contributed by atoms with Crippen molar-refractivity contribution in [3.8, 4) is 5.75 Å². The Morgan fingerprint density at radius 3 is 2.62 bits per heavy atom. The van der Waals surface area contributed by atoms with Crippen molar-refractivity contribution in [1.29, 1.82) is 0 Å². The van der Waals surface area contributed by atoms with Gasteiger partial charge >= 0.3 is 0 Å². The molecule has 1 aromatic carbocycles. The second-order valence-electron chi connectivity index (χ2n) is 6.14. The standard InChI is InChI=1S/C17H25N3O3.ClH/c1-5-14-17(22)20-13-7-6-12(8-15(13)23-14)11(4)19-16(21)9(2)10(3)18;/h6-11,14H,5,18H2,1-4H3,(H,19,21)(H,20,22);1H. The average molecular weight is 356 g/mol. The Labute approximate surface area is 148 Å². The molecular weight excluding hydrogens is 330 g/mol. The van der Waals surface area contributed by atoms with Crippen LogP contribution >= 0.6 is 12.4 Å². The van der Waals surface area contributed by atoms with Gasteiger partial charge in [0.2, 0.25) is 5.91 Å². The number of anilines is 1. The number of benzene rings is 1. The van der Waals surface area contributed by atoms with E-state index in [-0.39, 0.29) is 42.2 Å². The van der Waals surface area contributed by atoms with E-state index < -0.39 is 6.10 Å². The molecule has 0 aromatic heterocycles. The third kappa shape index (κ3) is 4.39. The van der Waals surface area contributed by atoms with Crippen LogP contribution in [0.2, 0.25) is 0 Å². The molecule has 4 N–H and O–H groups in total. The van der Waals surface area contributed by atoms with Crippen LogP contribution in [0.3, 0.4) is 0 Å². The van der Waals surface area contributed by atoms with Crippen molar-refractivity contribution in [2.45, 2.75) is 52.3 Å². The van der Waals surface area contributed by atoms with Crippen LogP contribution in [0.15, 0.2) is 18.2 Å². The van der Waals surface area contributed by atoms with Gasteiger partial charge in [0.25, 0.3) is 5.91 Å². The van der Waals surface area contributed by atoms with Gasteiger partial charge in [-0.25, -0.2) is 0 Å². The predicted octanol–water partition coefficient (Wildman–Crippen LogP) is 2.38. The maximum Gasteiger partial charge on any atom is 0.265 e. The normalized spacial score (nSPS) is 19.7. The van der Waals surface area contributed by atoms with Gasteiger partial charge in [-0.05, 0) is 38.0 Å². The number of carbonyl (C=O) groups is 2. The minimum absolute atomic E-state index is 0. The van der Waals surface area contributed by atoms with Gasteiger partial charge in [-0.3, -0.25) is 9.59 Å². The molecule has 24 heavy (non-hydrogen) atoms. The summed E-state index contributed by atoms with van der Waals surface area (Å²) in [5, 5.41) is 5.79. The summed E-state index contributed by atoms with van der Waals surface area (Å²) in [6.45, 7) is 7.43. The highest BCUT2D eigenvalue weighted by Gasteiger charge is 2.27. The van der Waals surface area contributed by atoms with Crippen LogP contribution in [-0.2, 0) is 9.59 Å². The molecule has 0 aliphatic carbocycles. The van der Waals surface area contributed by atoms with Crippen LogP contribution in [0.25, 0.3) is 0 Å². The number of fused-ring (bicyclic) bond motifs is 1. The van der Waals surface area contributed by atoms with E-state index >= 15 is 0 Å². The van der Waals surface area contributed by atoms with Crippen molar-refractivity contribution in [2.24, 2.45) is 11.7 Å². The second kappa shape index (κ2) is 8.35. The van der Waals surface area contributed by atoms with Crippen LogP contribution in [-0.4, -0.2) is 24.0 Å². The molecule has 4 unspecified atom stereocenters. The number of rotatable bonds is 5. The predicted molar refractivity (Wildman–Crippen MR) is 96.4 cm³/mol. The minimum Gasteiger partial charge on any atom is -0.478 e. The summed E-state index contributed by atoms with van der Waals surface area (Å²) in [7, 11) is 0. The number of carbonyl (C=O) groups excluding carboxylic acids is 2. The highest BCUT2D eigenvalue weighted by molar-refractivity contribution is 5.97. The fourth-order valence-corrected chi connectivity index (χ4v) is 2.36. The van der Waals surface area contributed by atoms with Gasteiger partial charge < -0.3 is 21.1 Å². The molecule has 0 bridgehead atoms.